The summed E-state index contributed by atoms with van der Waals surface area (Å²) in [5.41, 5.74) is 1.09. The Balaban J connectivity index is 1.49. The first-order valence-electron chi connectivity index (χ1n) is 9.63. The minimum absolute atomic E-state index is 0.210. The topological polar surface area (TPSA) is 90.8 Å². The van der Waals surface area contributed by atoms with Crippen LogP contribution in [0.25, 0.3) is 0 Å². The van der Waals surface area contributed by atoms with Gasteiger partial charge in [0.15, 0.2) is 0 Å². The van der Waals surface area contributed by atoms with Gasteiger partial charge in [-0.05, 0) is 56.1 Å². The predicted molar refractivity (Wildman–Crippen MR) is 97.0 cm³/mol. The van der Waals surface area contributed by atoms with E-state index in [1.165, 1.54) is 11.1 Å². The summed E-state index contributed by atoms with van der Waals surface area (Å²) in [6.07, 6.45) is 7.12. The molecule has 3 fully saturated rings. The lowest BCUT2D eigenvalue weighted by atomic mass is 9.76. The number of likely N-dealkylation sites (tertiary alicyclic amines) is 2. The molecule has 1 unspecified atom stereocenters. The number of carbonyl (C=O) groups is 3. The van der Waals surface area contributed by atoms with Gasteiger partial charge in [-0.15, -0.1) is 0 Å². The zero-order valence-corrected chi connectivity index (χ0v) is 15.6. The Morgan fingerprint density at radius 1 is 1.19 bits per heavy atom. The largest absolute Gasteiger partial charge is 0.480 e. The average Bonchev–Trinajstić information content (AvgIpc) is 3.44. The van der Waals surface area contributed by atoms with E-state index in [1.54, 1.807) is 12.3 Å². The highest BCUT2D eigenvalue weighted by Gasteiger charge is 2.50. The van der Waals surface area contributed by atoms with E-state index in [4.69, 9.17) is 0 Å². The monoisotopic (exact) mass is 371 g/mol. The molecule has 144 valence electrons. The van der Waals surface area contributed by atoms with Gasteiger partial charge in [0.25, 0.3) is 5.91 Å². The van der Waals surface area contributed by atoms with Crippen LogP contribution >= 0.6 is 0 Å². The lowest BCUT2D eigenvalue weighted by Crippen LogP contribution is -2.45. The molecule has 1 aromatic heterocycles. The Morgan fingerprint density at radius 3 is 2.48 bits per heavy atom. The van der Waals surface area contributed by atoms with Gasteiger partial charge in [-0.25, -0.2) is 4.79 Å². The highest BCUT2D eigenvalue weighted by Crippen LogP contribution is 2.45. The van der Waals surface area contributed by atoms with Crippen LogP contribution in [0.1, 0.15) is 48.0 Å². The lowest BCUT2D eigenvalue weighted by molar-refractivity contribution is -0.141. The quantitative estimate of drug-likeness (QED) is 0.873. The Kier molecular flexibility index (Phi) is 4.40. The molecule has 4 rings (SSSR count). The number of carboxylic acids is 1. The zero-order valence-electron chi connectivity index (χ0n) is 15.6. The van der Waals surface area contributed by atoms with Gasteiger partial charge < -0.3 is 14.9 Å². The van der Waals surface area contributed by atoms with E-state index in [0.717, 1.165) is 31.2 Å². The van der Waals surface area contributed by atoms with Gasteiger partial charge in [-0.1, -0.05) is 0 Å². The molecule has 1 aliphatic carbocycles. The summed E-state index contributed by atoms with van der Waals surface area (Å²) in [5.74, 6) is -0.776. The maximum Gasteiger partial charge on any atom is 0.326 e. The Bertz CT molecular complexity index is 781. The second-order valence-corrected chi connectivity index (χ2v) is 8.34. The molecule has 3 aliphatic rings. The third kappa shape index (κ3) is 3.42. The zero-order chi connectivity index (χ0) is 19.2. The van der Waals surface area contributed by atoms with Crippen molar-refractivity contribution in [3.8, 4) is 0 Å². The van der Waals surface area contributed by atoms with Gasteiger partial charge in [0.2, 0.25) is 5.91 Å². The maximum absolute atomic E-state index is 13.0. The second kappa shape index (κ2) is 6.62. The number of rotatable bonds is 3. The van der Waals surface area contributed by atoms with Crippen molar-refractivity contribution >= 4 is 17.8 Å². The minimum atomic E-state index is -0.961. The van der Waals surface area contributed by atoms with Crippen molar-refractivity contribution in [2.75, 3.05) is 19.6 Å². The van der Waals surface area contributed by atoms with Crippen LogP contribution in [0.15, 0.2) is 18.5 Å². The van der Waals surface area contributed by atoms with E-state index in [0.29, 0.717) is 31.6 Å². The predicted octanol–water partition coefficient (Wildman–Crippen LogP) is 1.71. The lowest BCUT2D eigenvalue weighted by Gasteiger charge is -2.39. The number of carbonyl (C=O) groups excluding carboxylic acids is 2. The number of hydrogen-bond donors (Lipinski definition) is 1. The molecule has 7 heteroatoms. The van der Waals surface area contributed by atoms with Crippen LogP contribution in [-0.4, -0.2) is 63.4 Å². The van der Waals surface area contributed by atoms with E-state index in [-0.39, 0.29) is 23.1 Å². The normalized spacial score (nSPS) is 24.3. The molecule has 7 nitrogen and oxygen atoms in total. The molecular weight excluding hydrogens is 346 g/mol. The van der Waals surface area contributed by atoms with Crippen LogP contribution in [0, 0.1) is 18.3 Å². The summed E-state index contributed by atoms with van der Waals surface area (Å²) in [7, 11) is 0. The molecule has 3 heterocycles. The van der Waals surface area contributed by atoms with Gasteiger partial charge in [-0.2, -0.15) is 0 Å². The van der Waals surface area contributed by atoms with Gasteiger partial charge in [-0.3, -0.25) is 14.6 Å². The molecule has 0 radical (unpaired) electrons. The number of piperidine rings is 1. The summed E-state index contributed by atoms with van der Waals surface area (Å²) in [5, 5.41) is 9.70. The minimum Gasteiger partial charge on any atom is -0.480 e. The molecule has 1 aromatic rings. The SMILES string of the molecule is Cc1cncc(C(=O)N2CC3(CCN(C(=O)C4CC4)CC3)CC2C(=O)O)c1. The average molecular weight is 371 g/mol. The highest BCUT2D eigenvalue weighted by molar-refractivity contribution is 5.97. The van der Waals surface area contributed by atoms with Crippen molar-refractivity contribution in [1.29, 1.82) is 0 Å². The summed E-state index contributed by atoms with van der Waals surface area (Å²) >= 11 is 0. The fourth-order valence-electron chi connectivity index (χ4n) is 4.48. The molecule has 2 amide bonds. The molecule has 1 N–H and O–H groups in total. The van der Waals surface area contributed by atoms with Crippen molar-refractivity contribution in [2.24, 2.45) is 11.3 Å². The number of carboxylic acid groups (broad SMARTS) is 1. The number of amides is 2. The fraction of sp³-hybridized carbons (Fsp3) is 0.600. The number of nitrogens with zero attached hydrogens (tertiary/aromatic N) is 3. The summed E-state index contributed by atoms with van der Waals surface area (Å²) in [6, 6.07) is 0.930. The Morgan fingerprint density at radius 2 is 1.89 bits per heavy atom. The third-order valence-electron chi connectivity index (χ3n) is 6.24. The van der Waals surface area contributed by atoms with Crippen LogP contribution in [0.2, 0.25) is 0 Å². The maximum atomic E-state index is 13.0. The smallest absolute Gasteiger partial charge is 0.326 e. The van der Waals surface area contributed by atoms with Gasteiger partial charge in [0.05, 0.1) is 5.56 Å². The number of hydrogen-bond acceptors (Lipinski definition) is 4. The third-order valence-corrected chi connectivity index (χ3v) is 6.24. The molecule has 2 saturated heterocycles. The van der Waals surface area contributed by atoms with Crippen molar-refractivity contribution < 1.29 is 19.5 Å². The van der Waals surface area contributed by atoms with E-state index in [2.05, 4.69) is 4.98 Å². The molecule has 27 heavy (non-hydrogen) atoms. The van der Waals surface area contributed by atoms with Crippen LogP contribution in [0.4, 0.5) is 0 Å². The first kappa shape index (κ1) is 17.9. The standard InChI is InChI=1S/C20H25N3O4/c1-13-8-15(11-21-10-13)18(25)23-12-20(9-16(23)19(26)27)4-6-22(7-5-20)17(24)14-2-3-14/h8,10-11,14,16H,2-7,9,12H2,1H3,(H,26,27). The first-order valence-corrected chi connectivity index (χ1v) is 9.63. The number of aromatic nitrogens is 1. The number of pyridine rings is 1. The van der Waals surface area contributed by atoms with E-state index < -0.39 is 12.0 Å². The van der Waals surface area contributed by atoms with Gasteiger partial charge in [0, 0.05) is 37.9 Å². The van der Waals surface area contributed by atoms with Crippen LogP contribution in [-0.2, 0) is 9.59 Å². The van der Waals surface area contributed by atoms with Crippen molar-refractivity contribution in [3.05, 3.63) is 29.6 Å². The van der Waals surface area contributed by atoms with E-state index in [1.807, 2.05) is 11.8 Å². The van der Waals surface area contributed by atoms with E-state index >= 15 is 0 Å². The fourth-order valence-corrected chi connectivity index (χ4v) is 4.48. The molecule has 1 atom stereocenters. The van der Waals surface area contributed by atoms with Crippen LogP contribution < -0.4 is 0 Å². The molecule has 1 saturated carbocycles. The molecular formula is C20H25N3O4. The second-order valence-electron chi connectivity index (χ2n) is 8.34. The van der Waals surface area contributed by atoms with Crippen LogP contribution in [0.5, 0.6) is 0 Å². The van der Waals surface area contributed by atoms with Gasteiger partial charge in [0.1, 0.15) is 6.04 Å². The number of aryl methyl sites for hydroxylation is 1. The van der Waals surface area contributed by atoms with Crippen molar-refractivity contribution in [1.82, 2.24) is 14.8 Å². The van der Waals surface area contributed by atoms with E-state index in [9.17, 15) is 19.5 Å². The van der Waals surface area contributed by atoms with Gasteiger partial charge >= 0.3 is 5.97 Å². The molecule has 0 aromatic carbocycles. The Labute approximate surface area is 158 Å². The first-order chi connectivity index (χ1) is 12.9. The number of aliphatic carboxylic acids is 1. The van der Waals surface area contributed by atoms with Crippen molar-refractivity contribution in [3.63, 3.8) is 0 Å². The highest BCUT2D eigenvalue weighted by atomic mass is 16.4. The summed E-state index contributed by atoms with van der Waals surface area (Å²) < 4.78 is 0. The Hall–Kier alpha value is -2.44. The molecule has 1 spiro atoms. The van der Waals surface area contributed by atoms with Crippen LogP contribution in [0.3, 0.4) is 0 Å². The molecule has 0 bridgehead atoms. The van der Waals surface area contributed by atoms with Crippen molar-refractivity contribution in [2.45, 2.75) is 45.1 Å². The summed E-state index contributed by atoms with van der Waals surface area (Å²) in [4.78, 5) is 44.6. The summed E-state index contributed by atoms with van der Waals surface area (Å²) in [6.45, 7) is 3.62. The molecule has 2 aliphatic heterocycles.